The molecule has 0 fully saturated rings. The van der Waals surface area contributed by atoms with E-state index in [1.54, 1.807) is 4.68 Å². The van der Waals surface area contributed by atoms with Gasteiger partial charge in [-0.2, -0.15) is 18.3 Å². The van der Waals surface area contributed by atoms with Crippen molar-refractivity contribution in [2.75, 3.05) is 6.54 Å². The van der Waals surface area contributed by atoms with E-state index in [9.17, 15) is 18.0 Å². The summed E-state index contributed by atoms with van der Waals surface area (Å²) in [6, 6.07) is 10.2. The third-order valence-corrected chi connectivity index (χ3v) is 5.12. The number of benzene rings is 1. The maximum absolute atomic E-state index is 13.2. The summed E-state index contributed by atoms with van der Waals surface area (Å²) in [6.07, 6.45) is -4.59. The molecule has 1 atom stereocenters. The molecule has 0 aliphatic rings. The average Bonchev–Trinajstić information content (AvgIpc) is 3.24. The Hall–Kier alpha value is -2.61. The zero-order valence-corrected chi connectivity index (χ0v) is 15.6. The Kier molecular flexibility index (Phi) is 5.36. The molecule has 0 aliphatic carbocycles. The molecule has 3 aromatic rings. The van der Waals surface area contributed by atoms with Crippen LogP contribution in [0.1, 0.15) is 38.2 Å². The van der Waals surface area contributed by atoms with E-state index in [1.165, 1.54) is 29.5 Å². The number of hydrogen-bond donors (Lipinski definition) is 1. The molecule has 0 radical (unpaired) electrons. The summed E-state index contributed by atoms with van der Waals surface area (Å²) >= 11 is 1.51. The smallest absolute Gasteiger partial charge is 0.349 e. The Labute approximate surface area is 158 Å². The Bertz CT molecular complexity index is 932. The first-order valence-corrected chi connectivity index (χ1v) is 9.16. The van der Waals surface area contributed by atoms with Gasteiger partial charge in [-0.1, -0.05) is 18.2 Å². The molecular weight excluding hydrogens is 375 g/mol. The average molecular weight is 393 g/mol. The van der Waals surface area contributed by atoms with Gasteiger partial charge in [0.05, 0.1) is 16.8 Å². The molecule has 1 aromatic carbocycles. The van der Waals surface area contributed by atoms with Crippen molar-refractivity contribution in [3.63, 3.8) is 0 Å². The second-order valence-electron chi connectivity index (χ2n) is 6.16. The highest BCUT2D eigenvalue weighted by molar-refractivity contribution is 7.10. The molecule has 142 valence electrons. The Morgan fingerprint density at radius 3 is 2.56 bits per heavy atom. The predicted molar refractivity (Wildman–Crippen MR) is 97.9 cm³/mol. The van der Waals surface area contributed by atoms with Gasteiger partial charge in [0.1, 0.15) is 6.04 Å². The molecule has 0 aliphatic heterocycles. The van der Waals surface area contributed by atoms with Crippen LogP contribution in [-0.2, 0) is 6.18 Å². The molecule has 4 nitrogen and oxygen atoms in total. The van der Waals surface area contributed by atoms with Gasteiger partial charge in [0.2, 0.25) is 0 Å². The summed E-state index contributed by atoms with van der Waals surface area (Å²) in [5.74, 6) is -0.758. The van der Waals surface area contributed by atoms with E-state index in [-0.39, 0.29) is 18.2 Å². The summed E-state index contributed by atoms with van der Waals surface area (Å²) < 4.78 is 41.3. The van der Waals surface area contributed by atoms with E-state index in [2.05, 4.69) is 10.4 Å². The minimum Gasteiger partial charge on any atom is -0.349 e. The van der Waals surface area contributed by atoms with Crippen LogP contribution in [0.5, 0.6) is 0 Å². The molecule has 0 spiro atoms. The summed E-state index contributed by atoms with van der Waals surface area (Å²) in [5.41, 5.74) is 0.420. The lowest BCUT2D eigenvalue weighted by Gasteiger charge is -2.19. The van der Waals surface area contributed by atoms with Crippen LogP contribution in [0.3, 0.4) is 0 Å². The van der Waals surface area contributed by atoms with Crippen molar-refractivity contribution in [3.8, 4) is 0 Å². The van der Waals surface area contributed by atoms with Gasteiger partial charge in [0.15, 0.2) is 0 Å². The number of carbonyl (C=O) groups is 1. The van der Waals surface area contributed by atoms with E-state index in [4.69, 9.17) is 0 Å². The number of rotatable bonds is 5. The van der Waals surface area contributed by atoms with E-state index < -0.39 is 17.6 Å². The molecule has 0 saturated carbocycles. The van der Waals surface area contributed by atoms with Gasteiger partial charge in [-0.3, -0.25) is 9.48 Å². The maximum atomic E-state index is 13.2. The van der Waals surface area contributed by atoms with Gasteiger partial charge < -0.3 is 5.32 Å². The first-order valence-electron chi connectivity index (χ1n) is 8.28. The van der Waals surface area contributed by atoms with Gasteiger partial charge in [-0.05, 0) is 43.5 Å². The van der Waals surface area contributed by atoms with Crippen LogP contribution in [-0.4, -0.2) is 22.2 Å². The number of aromatic nitrogens is 2. The lowest BCUT2D eigenvalue weighted by Crippen LogP contribution is -2.33. The minimum atomic E-state index is -4.59. The number of thiophene rings is 1. The SMILES string of the molecule is Cc1cc(C)n([C@@H](CNC(=O)c2ccccc2C(F)(F)F)c2cccs2)n1. The summed E-state index contributed by atoms with van der Waals surface area (Å²) in [4.78, 5) is 13.4. The normalized spacial score (nSPS) is 12.8. The molecule has 0 unspecified atom stereocenters. The second kappa shape index (κ2) is 7.56. The molecular formula is C19H18F3N3OS. The summed E-state index contributed by atoms with van der Waals surface area (Å²) in [5, 5.41) is 9.02. The van der Waals surface area contributed by atoms with Crippen LogP contribution in [0.4, 0.5) is 13.2 Å². The molecule has 2 heterocycles. The van der Waals surface area contributed by atoms with Crippen LogP contribution < -0.4 is 5.32 Å². The first kappa shape index (κ1) is 19.2. The van der Waals surface area contributed by atoms with Gasteiger partial charge in [-0.15, -0.1) is 11.3 Å². The van der Waals surface area contributed by atoms with Gasteiger partial charge in [0, 0.05) is 17.1 Å². The highest BCUT2D eigenvalue weighted by atomic mass is 32.1. The Morgan fingerprint density at radius 2 is 1.96 bits per heavy atom. The van der Waals surface area contributed by atoms with Crippen molar-refractivity contribution in [1.29, 1.82) is 0 Å². The minimum absolute atomic E-state index is 0.132. The molecule has 27 heavy (non-hydrogen) atoms. The Morgan fingerprint density at radius 1 is 1.22 bits per heavy atom. The standard InChI is InChI=1S/C19H18F3N3OS/c1-12-10-13(2)25(24-12)16(17-8-5-9-27-17)11-23-18(26)14-6-3-4-7-15(14)19(20,21)22/h3-10,16H,11H2,1-2H3,(H,23,26)/t16-/m0/s1. The Balaban J connectivity index is 1.85. The van der Waals surface area contributed by atoms with Crippen molar-refractivity contribution in [2.24, 2.45) is 0 Å². The number of nitrogens with zero attached hydrogens (tertiary/aromatic N) is 2. The lowest BCUT2D eigenvalue weighted by atomic mass is 10.1. The number of nitrogens with one attached hydrogen (secondary N) is 1. The molecule has 8 heteroatoms. The second-order valence-corrected chi connectivity index (χ2v) is 7.14. The lowest BCUT2D eigenvalue weighted by molar-refractivity contribution is -0.137. The van der Waals surface area contributed by atoms with Gasteiger partial charge in [-0.25, -0.2) is 0 Å². The molecule has 1 N–H and O–H groups in total. The van der Waals surface area contributed by atoms with Crippen LogP contribution in [0.2, 0.25) is 0 Å². The highest BCUT2D eigenvalue weighted by Crippen LogP contribution is 2.32. The molecule has 2 aromatic heterocycles. The van der Waals surface area contributed by atoms with Crippen molar-refractivity contribution in [1.82, 2.24) is 15.1 Å². The molecule has 1 amide bonds. The highest BCUT2D eigenvalue weighted by Gasteiger charge is 2.35. The third-order valence-electron chi connectivity index (χ3n) is 4.14. The van der Waals surface area contributed by atoms with Crippen LogP contribution >= 0.6 is 11.3 Å². The number of aryl methyl sites for hydroxylation is 2. The fraction of sp³-hybridized carbons (Fsp3) is 0.263. The van der Waals surface area contributed by atoms with Gasteiger partial charge in [0.25, 0.3) is 5.91 Å². The van der Waals surface area contributed by atoms with Crippen LogP contribution in [0, 0.1) is 13.8 Å². The quantitative estimate of drug-likeness (QED) is 0.689. The van der Waals surface area contributed by atoms with Gasteiger partial charge >= 0.3 is 6.18 Å². The van der Waals surface area contributed by atoms with E-state index in [0.717, 1.165) is 22.3 Å². The topological polar surface area (TPSA) is 46.9 Å². The maximum Gasteiger partial charge on any atom is 0.417 e. The van der Waals surface area contributed by atoms with Crippen molar-refractivity contribution < 1.29 is 18.0 Å². The number of amides is 1. The van der Waals surface area contributed by atoms with Crippen LogP contribution in [0.25, 0.3) is 0 Å². The molecule has 0 bridgehead atoms. The fourth-order valence-corrected chi connectivity index (χ4v) is 3.77. The first-order chi connectivity index (χ1) is 12.8. The summed E-state index contributed by atoms with van der Waals surface area (Å²) in [7, 11) is 0. The third kappa shape index (κ3) is 4.21. The zero-order valence-electron chi connectivity index (χ0n) is 14.7. The molecule has 3 rings (SSSR count). The zero-order chi connectivity index (χ0) is 19.6. The van der Waals surface area contributed by atoms with E-state index >= 15 is 0 Å². The van der Waals surface area contributed by atoms with E-state index in [1.807, 2.05) is 37.4 Å². The van der Waals surface area contributed by atoms with E-state index in [0.29, 0.717) is 0 Å². The van der Waals surface area contributed by atoms with Crippen molar-refractivity contribution in [3.05, 3.63) is 75.2 Å². The number of halogens is 3. The molecule has 0 saturated heterocycles. The predicted octanol–water partition coefficient (Wildman–Crippen LogP) is 4.60. The number of hydrogen-bond acceptors (Lipinski definition) is 3. The summed E-state index contributed by atoms with van der Waals surface area (Å²) in [6.45, 7) is 3.90. The number of carbonyl (C=O) groups excluding carboxylic acids is 1. The fourth-order valence-electron chi connectivity index (χ4n) is 2.96. The van der Waals surface area contributed by atoms with Crippen LogP contribution in [0.15, 0.2) is 47.8 Å². The number of alkyl halides is 3. The van der Waals surface area contributed by atoms with Crippen molar-refractivity contribution >= 4 is 17.2 Å². The largest absolute Gasteiger partial charge is 0.417 e. The monoisotopic (exact) mass is 393 g/mol. The van der Waals surface area contributed by atoms with Crippen molar-refractivity contribution in [2.45, 2.75) is 26.1 Å².